The number of amides is 1. The van der Waals surface area contributed by atoms with E-state index in [0.717, 1.165) is 0 Å². The summed E-state index contributed by atoms with van der Waals surface area (Å²) >= 11 is 0. The summed E-state index contributed by atoms with van der Waals surface area (Å²) in [4.78, 5) is 24.8. The molecule has 2 rings (SSSR count). The van der Waals surface area contributed by atoms with Crippen LogP contribution >= 0.6 is 0 Å². The largest absolute Gasteiger partial charge is 0.484 e. The molecule has 0 unspecified atom stereocenters. The molecule has 0 aliphatic rings. The Morgan fingerprint density at radius 1 is 1.24 bits per heavy atom. The van der Waals surface area contributed by atoms with Gasteiger partial charge in [-0.2, -0.15) is 0 Å². The van der Waals surface area contributed by atoms with Crippen LogP contribution in [0.3, 0.4) is 0 Å². The topological polar surface area (TPSA) is 59.8 Å². The van der Waals surface area contributed by atoms with Gasteiger partial charge in [-0.1, -0.05) is 12.1 Å². The van der Waals surface area contributed by atoms with Gasteiger partial charge in [-0.25, -0.2) is 0 Å². The van der Waals surface area contributed by atoms with Crippen LogP contribution in [0.4, 0.5) is 0 Å². The Bertz CT molecular complexity index is 619. The van der Waals surface area contributed by atoms with Crippen LogP contribution in [0.25, 0.3) is 0 Å². The van der Waals surface area contributed by atoms with E-state index in [1.807, 2.05) is 0 Å². The van der Waals surface area contributed by atoms with Gasteiger partial charge in [0.25, 0.3) is 5.91 Å². The summed E-state index contributed by atoms with van der Waals surface area (Å²) in [6.07, 6.45) is 1.57. The van der Waals surface area contributed by atoms with Crippen molar-refractivity contribution in [3.8, 4) is 5.75 Å². The maximum Gasteiger partial charge on any atom is 0.260 e. The number of ketones is 1. The zero-order valence-corrected chi connectivity index (χ0v) is 12.0. The number of hydrogen-bond acceptors (Lipinski definition) is 4. The molecule has 0 spiro atoms. The minimum absolute atomic E-state index is 0.0401. The zero-order chi connectivity index (χ0) is 15.2. The van der Waals surface area contributed by atoms with Crippen molar-refractivity contribution >= 4 is 11.7 Å². The molecule has 0 saturated carbocycles. The number of carbonyl (C=O) groups excluding carboxylic acids is 2. The van der Waals surface area contributed by atoms with E-state index < -0.39 is 0 Å². The number of likely N-dealkylation sites (N-methyl/N-ethyl adjacent to an activating group) is 1. The summed E-state index contributed by atoms with van der Waals surface area (Å²) in [5.41, 5.74) is 0.559. The summed E-state index contributed by atoms with van der Waals surface area (Å²) in [5, 5.41) is 0. The highest BCUT2D eigenvalue weighted by Crippen LogP contribution is 2.14. The second kappa shape index (κ2) is 6.74. The van der Waals surface area contributed by atoms with Gasteiger partial charge in [0.15, 0.2) is 12.4 Å². The van der Waals surface area contributed by atoms with E-state index >= 15 is 0 Å². The molecule has 21 heavy (non-hydrogen) atoms. The highest BCUT2D eigenvalue weighted by Gasteiger charge is 2.11. The lowest BCUT2D eigenvalue weighted by Crippen LogP contribution is -2.30. The molecule has 110 valence electrons. The van der Waals surface area contributed by atoms with Crippen LogP contribution in [0, 0.1) is 0 Å². The summed E-state index contributed by atoms with van der Waals surface area (Å²) < 4.78 is 10.6. The van der Waals surface area contributed by atoms with Crippen LogP contribution in [0.15, 0.2) is 47.1 Å². The van der Waals surface area contributed by atoms with Gasteiger partial charge in [0, 0.05) is 12.6 Å². The van der Waals surface area contributed by atoms with Gasteiger partial charge in [-0.3, -0.25) is 9.59 Å². The van der Waals surface area contributed by atoms with Crippen molar-refractivity contribution in [3.05, 3.63) is 54.0 Å². The molecule has 0 atom stereocenters. The molecule has 1 aromatic heterocycles. The average Bonchev–Trinajstić information content (AvgIpc) is 2.97. The first kappa shape index (κ1) is 14.8. The Labute approximate surface area is 123 Å². The smallest absolute Gasteiger partial charge is 0.260 e. The first-order valence-electron chi connectivity index (χ1n) is 6.56. The number of ether oxygens (including phenoxy) is 1. The Morgan fingerprint density at radius 3 is 2.71 bits per heavy atom. The lowest BCUT2D eigenvalue weighted by Gasteiger charge is -2.16. The highest BCUT2D eigenvalue weighted by atomic mass is 16.5. The van der Waals surface area contributed by atoms with Crippen molar-refractivity contribution in [1.29, 1.82) is 0 Å². The molecule has 1 amide bonds. The Balaban J connectivity index is 1.88. The lowest BCUT2D eigenvalue weighted by atomic mass is 10.1. The zero-order valence-electron chi connectivity index (χ0n) is 12.0. The normalized spacial score (nSPS) is 10.2. The fourth-order valence-corrected chi connectivity index (χ4v) is 1.78. The molecule has 0 N–H and O–H groups in total. The number of carbonyl (C=O) groups is 2. The Kier molecular flexibility index (Phi) is 4.77. The average molecular weight is 287 g/mol. The van der Waals surface area contributed by atoms with Crippen LogP contribution < -0.4 is 4.74 Å². The predicted octanol–water partition coefficient (Wildman–Crippen LogP) is 2.52. The fourth-order valence-electron chi connectivity index (χ4n) is 1.78. The summed E-state index contributed by atoms with van der Waals surface area (Å²) in [6.45, 7) is 1.79. The fraction of sp³-hybridized carbons (Fsp3) is 0.250. The van der Waals surface area contributed by atoms with Crippen molar-refractivity contribution in [2.45, 2.75) is 13.5 Å². The SMILES string of the molecule is CC(=O)c1cccc(OCC(=O)N(C)Cc2ccco2)c1. The number of benzene rings is 1. The van der Waals surface area contributed by atoms with Crippen molar-refractivity contribution in [2.24, 2.45) is 0 Å². The number of rotatable bonds is 6. The van der Waals surface area contributed by atoms with Gasteiger partial charge in [-0.15, -0.1) is 0 Å². The molecule has 1 aromatic carbocycles. The molecule has 5 nitrogen and oxygen atoms in total. The van der Waals surface area contributed by atoms with Crippen molar-refractivity contribution < 1.29 is 18.7 Å². The van der Waals surface area contributed by atoms with Gasteiger partial charge in [0.1, 0.15) is 11.5 Å². The van der Waals surface area contributed by atoms with Crippen LogP contribution in [-0.2, 0) is 11.3 Å². The predicted molar refractivity (Wildman–Crippen MR) is 77.1 cm³/mol. The third kappa shape index (κ3) is 4.21. The van der Waals surface area contributed by atoms with Crippen LogP contribution in [0.1, 0.15) is 23.0 Å². The third-order valence-corrected chi connectivity index (χ3v) is 3.00. The number of nitrogens with zero attached hydrogens (tertiary/aromatic N) is 1. The summed E-state index contributed by atoms with van der Waals surface area (Å²) in [6, 6.07) is 10.4. The van der Waals surface area contributed by atoms with Crippen LogP contribution in [0.5, 0.6) is 5.75 Å². The second-order valence-electron chi connectivity index (χ2n) is 4.70. The Hall–Kier alpha value is -2.56. The molecule has 1 heterocycles. The van der Waals surface area contributed by atoms with Crippen molar-refractivity contribution in [3.63, 3.8) is 0 Å². The molecule has 0 aliphatic heterocycles. The number of hydrogen-bond donors (Lipinski definition) is 0. The molecule has 0 bridgehead atoms. The molecule has 2 aromatic rings. The molecule has 0 aliphatic carbocycles. The molecule has 0 saturated heterocycles. The van der Waals surface area contributed by atoms with E-state index in [4.69, 9.17) is 9.15 Å². The van der Waals surface area contributed by atoms with E-state index in [2.05, 4.69) is 0 Å². The van der Waals surface area contributed by atoms with Crippen LogP contribution in [0.2, 0.25) is 0 Å². The van der Waals surface area contributed by atoms with Gasteiger partial charge >= 0.3 is 0 Å². The van der Waals surface area contributed by atoms with E-state index in [0.29, 0.717) is 23.6 Å². The first-order chi connectivity index (χ1) is 10.1. The molecular weight excluding hydrogens is 270 g/mol. The van der Waals surface area contributed by atoms with Crippen molar-refractivity contribution in [2.75, 3.05) is 13.7 Å². The lowest BCUT2D eigenvalue weighted by molar-refractivity contribution is -0.132. The van der Waals surface area contributed by atoms with Gasteiger partial charge in [0.05, 0.1) is 12.8 Å². The first-order valence-corrected chi connectivity index (χ1v) is 6.56. The van der Waals surface area contributed by atoms with Gasteiger partial charge in [-0.05, 0) is 31.2 Å². The maximum atomic E-state index is 12.0. The minimum Gasteiger partial charge on any atom is -0.484 e. The number of furan rings is 1. The Morgan fingerprint density at radius 2 is 2.05 bits per heavy atom. The molecule has 5 heteroatoms. The maximum absolute atomic E-state index is 12.0. The third-order valence-electron chi connectivity index (χ3n) is 3.00. The standard InChI is InChI=1S/C16H17NO4/c1-12(18)13-5-3-6-14(9-13)21-11-16(19)17(2)10-15-7-4-8-20-15/h3-9H,10-11H2,1-2H3. The quantitative estimate of drug-likeness (QED) is 0.766. The number of Topliss-reactive ketones (excluding diaryl/α,β-unsaturated/α-hetero) is 1. The van der Waals surface area contributed by atoms with E-state index in [9.17, 15) is 9.59 Å². The minimum atomic E-state index is -0.167. The van der Waals surface area contributed by atoms with Crippen LogP contribution in [-0.4, -0.2) is 30.2 Å². The summed E-state index contributed by atoms with van der Waals surface area (Å²) in [7, 11) is 1.68. The van der Waals surface area contributed by atoms with E-state index in [1.165, 1.54) is 11.8 Å². The monoisotopic (exact) mass is 287 g/mol. The second-order valence-corrected chi connectivity index (χ2v) is 4.70. The van der Waals surface area contributed by atoms with Gasteiger partial charge < -0.3 is 14.1 Å². The molecule has 0 radical (unpaired) electrons. The van der Waals surface area contributed by atoms with E-state index in [-0.39, 0.29) is 18.3 Å². The molecule has 0 fully saturated rings. The van der Waals surface area contributed by atoms with Crippen molar-refractivity contribution in [1.82, 2.24) is 4.90 Å². The molecular formula is C16H17NO4. The highest BCUT2D eigenvalue weighted by molar-refractivity contribution is 5.94. The van der Waals surface area contributed by atoms with E-state index in [1.54, 1.807) is 49.7 Å². The summed E-state index contributed by atoms with van der Waals surface area (Å²) in [5.74, 6) is 1.01. The van der Waals surface area contributed by atoms with Gasteiger partial charge in [0.2, 0.25) is 0 Å².